The lowest BCUT2D eigenvalue weighted by Gasteiger charge is -2.36. The number of rotatable bonds is 10. The number of nitrogens with zero attached hydrogens (tertiary/aromatic N) is 7. The van der Waals surface area contributed by atoms with Gasteiger partial charge in [-0.15, -0.1) is 0 Å². The maximum absolute atomic E-state index is 13.7. The summed E-state index contributed by atoms with van der Waals surface area (Å²) in [5.41, 5.74) is 3.22. The third kappa shape index (κ3) is 7.48. The van der Waals surface area contributed by atoms with E-state index < -0.39 is 6.10 Å². The molecule has 0 spiro atoms. The number of pyridine rings is 1. The number of urea groups is 1. The van der Waals surface area contributed by atoms with E-state index >= 15 is 0 Å². The summed E-state index contributed by atoms with van der Waals surface area (Å²) in [6.07, 6.45) is 9.46. The van der Waals surface area contributed by atoms with E-state index in [0.717, 1.165) is 42.4 Å². The van der Waals surface area contributed by atoms with E-state index in [-0.39, 0.29) is 24.2 Å². The van der Waals surface area contributed by atoms with Crippen LogP contribution in [0.1, 0.15) is 50.7 Å². The van der Waals surface area contributed by atoms with Crippen LogP contribution in [0.5, 0.6) is 0 Å². The standard InChI is InChI=1S/C32H38N10O2/c1-21(22(2)43)38-30-25(15-33)18-35-31(40-30)39-27-10-12-28(13-11-27)42(32(44)36-16-23-7-5-4-6-8-23)29-14-9-24(17-34-29)26-19-37-41(3)20-26/h4-9,14,17-22,27-28,43H,10-13,16H2,1-3H3,(H,36,44)(H2,35,38,39,40). The lowest BCUT2D eigenvalue weighted by Crippen LogP contribution is -2.49. The van der Waals surface area contributed by atoms with Gasteiger partial charge in [-0.25, -0.2) is 14.8 Å². The minimum absolute atomic E-state index is 0.0495. The number of hydrogen-bond acceptors (Lipinski definition) is 9. The maximum Gasteiger partial charge on any atom is 0.323 e. The highest BCUT2D eigenvalue weighted by atomic mass is 16.3. The number of carbonyl (C=O) groups is 1. The number of aliphatic hydroxyl groups excluding tert-OH is 1. The molecule has 0 bridgehead atoms. The maximum atomic E-state index is 13.7. The van der Waals surface area contributed by atoms with Gasteiger partial charge in [-0.3, -0.25) is 9.58 Å². The fourth-order valence-corrected chi connectivity index (χ4v) is 5.23. The van der Waals surface area contributed by atoms with Gasteiger partial charge in [0, 0.05) is 49.2 Å². The van der Waals surface area contributed by atoms with Gasteiger partial charge in [0.05, 0.1) is 24.5 Å². The predicted molar refractivity (Wildman–Crippen MR) is 169 cm³/mol. The summed E-state index contributed by atoms with van der Waals surface area (Å²) in [4.78, 5) is 29.0. The second kappa shape index (κ2) is 14.0. The summed E-state index contributed by atoms with van der Waals surface area (Å²) in [7, 11) is 1.87. The highest BCUT2D eigenvalue weighted by Crippen LogP contribution is 2.30. The molecule has 0 saturated heterocycles. The SMILES string of the molecule is CC(O)C(C)Nc1nc(NC2CCC(N(C(=O)NCc3ccccc3)c3ccc(-c4cnn(C)c4)cn3)CC2)ncc1C#N. The molecule has 0 aliphatic heterocycles. The first-order valence-electron chi connectivity index (χ1n) is 14.8. The van der Waals surface area contributed by atoms with Crippen LogP contribution in [0.4, 0.5) is 22.4 Å². The summed E-state index contributed by atoms with van der Waals surface area (Å²) in [6, 6.07) is 15.4. The van der Waals surface area contributed by atoms with Gasteiger partial charge >= 0.3 is 6.03 Å². The highest BCUT2D eigenvalue weighted by molar-refractivity contribution is 5.91. The molecular weight excluding hydrogens is 556 g/mol. The van der Waals surface area contributed by atoms with Crippen molar-refractivity contribution in [1.82, 2.24) is 30.0 Å². The molecule has 1 aromatic carbocycles. The zero-order valence-electron chi connectivity index (χ0n) is 25.2. The molecule has 228 valence electrons. The van der Waals surface area contributed by atoms with Gasteiger partial charge in [0.25, 0.3) is 0 Å². The molecule has 4 aromatic rings. The monoisotopic (exact) mass is 594 g/mol. The van der Waals surface area contributed by atoms with Gasteiger partial charge in [-0.2, -0.15) is 15.3 Å². The first-order valence-corrected chi connectivity index (χ1v) is 14.8. The zero-order valence-corrected chi connectivity index (χ0v) is 25.2. The molecule has 4 N–H and O–H groups in total. The van der Waals surface area contributed by atoms with Gasteiger partial charge in [0.15, 0.2) is 0 Å². The van der Waals surface area contributed by atoms with Crippen molar-refractivity contribution in [3.05, 3.63) is 78.4 Å². The van der Waals surface area contributed by atoms with Crippen molar-refractivity contribution in [2.24, 2.45) is 7.05 Å². The molecule has 1 aliphatic carbocycles. The van der Waals surface area contributed by atoms with E-state index in [4.69, 9.17) is 4.98 Å². The fourth-order valence-electron chi connectivity index (χ4n) is 5.23. The Bertz CT molecular complexity index is 1570. The van der Waals surface area contributed by atoms with Crippen molar-refractivity contribution in [3.8, 4) is 17.2 Å². The topological polar surface area (TPSA) is 157 Å². The molecule has 12 nitrogen and oxygen atoms in total. The van der Waals surface area contributed by atoms with Crippen LogP contribution in [0.2, 0.25) is 0 Å². The minimum atomic E-state index is -0.614. The average molecular weight is 595 g/mol. The highest BCUT2D eigenvalue weighted by Gasteiger charge is 2.31. The van der Waals surface area contributed by atoms with Crippen LogP contribution in [0.15, 0.2) is 67.3 Å². The van der Waals surface area contributed by atoms with Crippen LogP contribution in [-0.2, 0) is 13.6 Å². The zero-order chi connectivity index (χ0) is 31.1. The van der Waals surface area contributed by atoms with Crippen molar-refractivity contribution < 1.29 is 9.90 Å². The molecule has 12 heteroatoms. The smallest absolute Gasteiger partial charge is 0.323 e. The molecule has 5 rings (SSSR count). The van der Waals surface area contributed by atoms with Gasteiger partial charge in [0.2, 0.25) is 5.95 Å². The molecule has 3 heterocycles. The van der Waals surface area contributed by atoms with Crippen molar-refractivity contribution in [3.63, 3.8) is 0 Å². The van der Waals surface area contributed by atoms with E-state index in [9.17, 15) is 15.2 Å². The lowest BCUT2D eigenvalue weighted by atomic mass is 9.90. The number of aromatic nitrogens is 5. The average Bonchev–Trinajstić information content (AvgIpc) is 3.48. The Kier molecular flexibility index (Phi) is 9.66. The van der Waals surface area contributed by atoms with Gasteiger partial charge in [-0.1, -0.05) is 30.3 Å². The first-order chi connectivity index (χ1) is 21.3. The number of amides is 2. The largest absolute Gasteiger partial charge is 0.391 e. The molecule has 2 atom stereocenters. The van der Waals surface area contributed by atoms with Crippen LogP contribution in [-0.4, -0.2) is 60.1 Å². The molecule has 44 heavy (non-hydrogen) atoms. The Balaban J connectivity index is 1.28. The Labute approximate surface area is 257 Å². The number of aryl methyl sites for hydroxylation is 1. The number of nitriles is 1. The number of anilines is 3. The lowest BCUT2D eigenvalue weighted by molar-refractivity contribution is 0.177. The van der Waals surface area contributed by atoms with E-state index in [1.165, 1.54) is 6.20 Å². The van der Waals surface area contributed by atoms with Crippen LogP contribution >= 0.6 is 0 Å². The number of aliphatic hydroxyl groups is 1. The van der Waals surface area contributed by atoms with E-state index in [1.54, 1.807) is 28.9 Å². The van der Waals surface area contributed by atoms with Gasteiger partial charge in [-0.05, 0) is 57.2 Å². The summed E-state index contributed by atoms with van der Waals surface area (Å²) < 4.78 is 1.75. The number of hydrogen-bond donors (Lipinski definition) is 4. The van der Waals surface area contributed by atoms with E-state index in [1.807, 2.05) is 62.6 Å². The van der Waals surface area contributed by atoms with Crippen molar-refractivity contribution in [2.45, 2.75) is 70.3 Å². The third-order valence-electron chi connectivity index (χ3n) is 7.93. The molecule has 1 fully saturated rings. The Morgan fingerprint density at radius 1 is 1.07 bits per heavy atom. The van der Waals surface area contributed by atoms with Crippen LogP contribution < -0.4 is 20.9 Å². The molecule has 2 unspecified atom stereocenters. The fraction of sp³-hybridized carbons (Fsp3) is 0.375. The molecule has 0 radical (unpaired) electrons. The quantitative estimate of drug-likeness (QED) is 0.208. The van der Waals surface area contributed by atoms with Gasteiger partial charge in [0.1, 0.15) is 23.3 Å². The Hall–Kier alpha value is -5.02. The molecule has 1 saturated carbocycles. The summed E-state index contributed by atoms with van der Waals surface area (Å²) in [5, 5.41) is 33.2. The number of nitrogens with one attached hydrogen (secondary N) is 3. The van der Waals surface area contributed by atoms with E-state index in [0.29, 0.717) is 29.7 Å². The summed E-state index contributed by atoms with van der Waals surface area (Å²) in [6.45, 7) is 3.92. The normalized spacial score (nSPS) is 17.6. The van der Waals surface area contributed by atoms with Crippen molar-refractivity contribution in [2.75, 3.05) is 15.5 Å². The molecule has 2 amide bonds. The summed E-state index contributed by atoms with van der Waals surface area (Å²) in [5.74, 6) is 1.39. The second-order valence-electron chi connectivity index (χ2n) is 11.2. The predicted octanol–water partition coefficient (Wildman–Crippen LogP) is 4.46. The first kappa shape index (κ1) is 30.4. The van der Waals surface area contributed by atoms with Crippen molar-refractivity contribution in [1.29, 1.82) is 5.26 Å². The Morgan fingerprint density at radius 3 is 2.48 bits per heavy atom. The van der Waals surface area contributed by atoms with Crippen molar-refractivity contribution >= 4 is 23.6 Å². The molecule has 1 aliphatic rings. The van der Waals surface area contributed by atoms with Crippen LogP contribution in [0.25, 0.3) is 11.1 Å². The second-order valence-corrected chi connectivity index (χ2v) is 11.2. The molecule has 3 aromatic heterocycles. The molecular formula is C32H38N10O2. The minimum Gasteiger partial charge on any atom is -0.391 e. The van der Waals surface area contributed by atoms with Crippen LogP contribution in [0, 0.1) is 11.3 Å². The third-order valence-corrected chi connectivity index (χ3v) is 7.93. The summed E-state index contributed by atoms with van der Waals surface area (Å²) >= 11 is 0. The Morgan fingerprint density at radius 2 is 1.84 bits per heavy atom. The van der Waals surface area contributed by atoms with Gasteiger partial charge < -0.3 is 21.1 Å². The van der Waals surface area contributed by atoms with E-state index in [2.05, 4.69) is 37.1 Å². The number of benzene rings is 1. The van der Waals surface area contributed by atoms with Crippen LogP contribution in [0.3, 0.4) is 0 Å². The number of carbonyl (C=O) groups excluding carboxylic acids is 1.